The van der Waals surface area contributed by atoms with E-state index < -0.39 is 10.0 Å². The van der Waals surface area contributed by atoms with Crippen LogP contribution < -0.4 is 5.32 Å². The van der Waals surface area contributed by atoms with Crippen molar-refractivity contribution in [3.8, 4) is 0 Å². The highest BCUT2D eigenvalue weighted by Crippen LogP contribution is 2.17. The van der Waals surface area contributed by atoms with Crippen LogP contribution in [0.1, 0.15) is 19.4 Å². The second-order valence-electron chi connectivity index (χ2n) is 4.25. The van der Waals surface area contributed by atoms with Gasteiger partial charge in [-0.1, -0.05) is 36.7 Å². The highest BCUT2D eigenvalue weighted by atomic mass is 35.5. The molecule has 0 saturated carbocycles. The van der Waals surface area contributed by atoms with E-state index in [1.54, 1.807) is 38.1 Å². The van der Waals surface area contributed by atoms with E-state index in [-0.39, 0.29) is 19.0 Å². The molecule has 0 aliphatic heterocycles. The Hall–Kier alpha value is -1.37. The second-order valence-corrected chi connectivity index (χ2v) is 6.47. The van der Waals surface area contributed by atoms with Gasteiger partial charge >= 0.3 is 0 Å². The fraction of sp³-hybridized carbons (Fsp3) is 0.357. The zero-order chi connectivity index (χ0) is 15.9. The summed E-state index contributed by atoms with van der Waals surface area (Å²) < 4.78 is 25.5. The summed E-state index contributed by atoms with van der Waals surface area (Å²) in [6, 6.07) is 6.93. The summed E-state index contributed by atoms with van der Waals surface area (Å²) in [5.74, 6) is -0.325. The SMILES string of the molecule is CCNC(=O)CN(CC)S(=O)(=O)/C=C\c1ccccc1Cl. The predicted octanol–water partition coefficient (Wildman–Crippen LogP) is 2.10. The molecule has 1 rings (SSSR count). The van der Waals surface area contributed by atoms with Crippen molar-refractivity contribution in [2.24, 2.45) is 0 Å². The Bertz CT molecular complexity index is 614. The summed E-state index contributed by atoms with van der Waals surface area (Å²) in [4.78, 5) is 11.5. The van der Waals surface area contributed by atoms with Crippen LogP contribution in [-0.2, 0) is 14.8 Å². The number of hydrogen-bond acceptors (Lipinski definition) is 3. The first-order valence-corrected chi connectivity index (χ1v) is 8.48. The number of nitrogens with zero attached hydrogens (tertiary/aromatic N) is 1. The summed E-state index contributed by atoms with van der Waals surface area (Å²) in [6.45, 7) is 3.94. The van der Waals surface area contributed by atoms with Crippen LogP contribution in [0.15, 0.2) is 29.7 Å². The van der Waals surface area contributed by atoms with Crippen molar-refractivity contribution >= 4 is 33.6 Å². The van der Waals surface area contributed by atoms with Gasteiger partial charge in [0.05, 0.1) is 6.54 Å². The number of benzene rings is 1. The lowest BCUT2D eigenvalue weighted by atomic mass is 10.2. The van der Waals surface area contributed by atoms with E-state index >= 15 is 0 Å². The lowest BCUT2D eigenvalue weighted by molar-refractivity contribution is -0.121. The third-order valence-corrected chi connectivity index (χ3v) is 4.66. The highest BCUT2D eigenvalue weighted by Gasteiger charge is 2.20. The van der Waals surface area contributed by atoms with Crippen molar-refractivity contribution in [3.63, 3.8) is 0 Å². The fourth-order valence-corrected chi connectivity index (χ4v) is 3.00. The number of nitrogens with one attached hydrogen (secondary N) is 1. The summed E-state index contributed by atoms with van der Waals surface area (Å²) in [5, 5.41) is 4.11. The molecular weight excluding hydrogens is 312 g/mol. The number of carbonyl (C=O) groups is 1. The second kappa shape index (κ2) is 8.17. The lowest BCUT2D eigenvalue weighted by Crippen LogP contribution is -2.39. The Kier molecular flexibility index (Phi) is 6.87. The average molecular weight is 331 g/mol. The molecule has 21 heavy (non-hydrogen) atoms. The Labute approximate surface area is 130 Å². The molecule has 0 bridgehead atoms. The number of sulfonamides is 1. The van der Waals surface area contributed by atoms with Crippen molar-refractivity contribution in [1.29, 1.82) is 0 Å². The Balaban J connectivity index is 2.88. The van der Waals surface area contributed by atoms with Gasteiger partial charge in [-0.3, -0.25) is 4.79 Å². The number of halogens is 1. The first kappa shape index (κ1) is 17.7. The maximum absolute atomic E-state index is 12.2. The molecule has 1 amide bonds. The van der Waals surface area contributed by atoms with Gasteiger partial charge in [0.1, 0.15) is 0 Å². The van der Waals surface area contributed by atoms with Crippen molar-refractivity contribution < 1.29 is 13.2 Å². The maximum Gasteiger partial charge on any atom is 0.236 e. The zero-order valence-electron chi connectivity index (χ0n) is 12.0. The first-order chi connectivity index (χ1) is 9.90. The average Bonchev–Trinajstić information content (AvgIpc) is 2.44. The molecule has 0 radical (unpaired) electrons. The van der Waals surface area contributed by atoms with E-state index in [9.17, 15) is 13.2 Å². The van der Waals surface area contributed by atoms with Crippen LogP contribution in [0.3, 0.4) is 0 Å². The maximum atomic E-state index is 12.2. The molecule has 1 aromatic rings. The summed E-state index contributed by atoms with van der Waals surface area (Å²) >= 11 is 5.97. The first-order valence-electron chi connectivity index (χ1n) is 6.60. The number of rotatable bonds is 7. The molecule has 0 atom stereocenters. The van der Waals surface area contributed by atoms with Crippen LogP contribution in [0.5, 0.6) is 0 Å². The highest BCUT2D eigenvalue weighted by molar-refractivity contribution is 7.92. The van der Waals surface area contributed by atoms with Gasteiger partial charge in [-0.05, 0) is 24.6 Å². The molecule has 0 fully saturated rings. The van der Waals surface area contributed by atoms with Crippen molar-refractivity contribution in [1.82, 2.24) is 9.62 Å². The molecule has 0 aliphatic carbocycles. The van der Waals surface area contributed by atoms with E-state index in [1.807, 2.05) is 0 Å². The van der Waals surface area contributed by atoms with E-state index in [2.05, 4.69) is 5.32 Å². The van der Waals surface area contributed by atoms with Gasteiger partial charge in [-0.25, -0.2) is 8.42 Å². The molecule has 1 N–H and O–H groups in total. The quantitative estimate of drug-likeness (QED) is 0.832. The van der Waals surface area contributed by atoms with Gasteiger partial charge in [-0.2, -0.15) is 4.31 Å². The summed E-state index contributed by atoms with van der Waals surface area (Å²) in [7, 11) is -3.67. The third kappa shape index (κ3) is 5.49. The Morgan fingerprint density at radius 1 is 1.33 bits per heavy atom. The standard InChI is InChI=1S/C14H19ClN2O3S/c1-3-16-14(18)11-17(4-2)21(19,20)10-9-12-7-5-6-8-13(12)15/h5-10H,3-4,11H2,1-2H3,(H,16,18)/b10-9-. The predicted molar refractivity (Wildman–Crippen MR) is 85.3 cm³/mol. The minimum atomic E-state index is -3.67. The fourth-order valence-electron chi connectivity index (χ4n) is 1.65. The van der Waals surface area contributed by atoms with Gasteiger partial charge < -0.3 is 5.32 Å². The largest absolute Gasteiger partial charge is 0.355 e. The number of likely N-dealkylation sites (N-methyl/N-ethyl adjacent to an activating group) is 2. The van der Waals surface area contributed by atoms with Gasteiger partial charge in [0.15, 0.2) is 0 Å². The summed E-state index contributed by atoms with van der Waals surface area (Å²) in [6.07, 6.45) is 1.43. The monoisotopic (exact) mass is 330 g/mol. The van der Waals surface area contributed by atoms with Gasteiger partial charge in [0.25, 0.3) is 0 Å². The van der Waals surface area contributed by atoms with E-state index in [0.29, 0.717) is 17.1 Å². The number of hydrogen-bond donors (Lipinski definition) is 1. The van der Waals surface area contributed by atoms with Crippen molar-refractivity contribution in [2.45, 2.75) is 13.8 Å². The van der Waals surface area contributed by atoms with Crippen LogP contribution in [0.25, 0.3) is 6.08 Å². The molecule has 0 aliphatic rings. The van der Waals surface area contributed by atoms with Gasteiger partial charge in [0, 0.05) is 23.5 Å². The van der Waals surface area contributed by atoms with Crippen LogP contribution in [0.4, 0.5) is 0 Å². The van der Waals surface area contributed by atoms with Crippen LogP contribution in [0, 0.1) is 0 Å². The topological polar surface area (TPSA) is 66.5 Å². The minimum absolute atomic E-state index is 0.195. The molecule has 0 saturated heterocycles. The molecule has 0 aromatic heterocycles. The van der Waals surface area contributed by atoms with Gasteiger partial charge in [0.2, 0.25) is 15.9 Å². The Morgan fingerprint density at radius 2 is 2.00 bits per heavy atom. The molecule has 116 valence electrons. The minimum Gasteiger partial charge on any atom is -0.355 e. The lowest BCUT2D eigenvalue weighted by Gasteiger charge is -2.17. The normalized spacial score (nSPS) is 12.0. The molecule has 7 heteroatoms. The number of amides is 1. The van der Waals surface area contributed by atoms with E-state index in [1.165, 1.54) is 6.08 Å². The van der Waals surface area contributed by atoms with Crippen LogP contribution in [-0.4, -0.2) is 38.3 Å². The smallest absolute Gasteiger partial charge is 0.236 e. The molecule has 1 aromatic carbocycles. The van der Waals surface area contributed by atoms with Gasteiger partial charge in [-0.15, -0.1) is 0 Å². The summed E-state index contributed by atoms with van der Waals surface area (Å²) in [5.41, 5.74) is 0.608. The van der Waals surface area contributed by atoms with Crippen molar-refractivity contribution in [3.05, 3.63) is 40.3 Å². The zero-order valence-corrected chi connectivity index (χ0v) is 13.6. The number of carbonyl (C=O) groups excluding carboxylic acids is 1. The molecular formula is C14H19ClN2O3S. The molecule has 0 spiro atoms. The molecule has 0 heterocycles. The van der Waals surface area contributed by atoms with E-state index in [0.717, 1.165) is 9.71 Å². The molecule has 0 unspecified atom stereocenters. The van der Waals surface area contributed by atoms with Crippen LogP contribution in [0.2, 0.25) is 5.02 Å². The van der Waals surface area contributed by atoms with E-state index in [4.69, 9.17) is 11.6 Å². The molecule has 5 nitrogen and oxygen atoms in total. The van der Waals surface area contributed by atoms with Crippen LogP contribution >= 0.6 is 11.6 Å². The van der Waals surface area contributed by atoms with Crippen molar-refractivity contribution in [2.75, 3.05) is 19.6 Å². The Morgan fingerprint density at radius 3 is 2.57 bits per heavy atom. The third-order valence-electron chi connectivity index (χ3n) is 2.73.